The number of carboxylic acids is 3. The molecule has 0 saturated carbocycles. The van der Waals surface area contributed by atoms with Gasteiger partial charge in [-0.05, 0) is 38.5 Å². The minimum absolute atomic E-state index is 0.187. The Bertz CT molecular complexity index is 563. The zero-order valence-corrected chi connectivity index (χ0v) is 22.0. The minimum Gasteiger partial charge on any atom is -0.477 e. The van der Waals surface area contributed by atoms with Crippen molar-refractivity contribution in [3.8, 4) is 0 Å². The molecule has 0 aliphatic heterocycles. The van der Waals surface area contributed by atoms with Crippen LogP contribution in [0.3, 0.4) is 0 Å². The van der Waals surface area contributed by atoms with Gasteiger partial charge in [0.2, 0.25) is 0 Å². The van der Waals surface area contributed by atoms with Gasteiger partial charge in [-0.1, -0.05) is 72.0 Å². The number of rotatable bonds is 22. The largest absolute Gasteiger partial charge is 0.477 e. The van der Waals surface area contributed by atoms with Gasteiger partial charge < -0.3 is 15.3 Å². The van der Waals surface area contributed by atoms with E-state index in [0.29, 0.717) is 6.42 Å². The summed E-state index contributed by atoms with van der Waals surface area (Å²) < 4.78 is -0.415. The first-order valence-corrected chi connectivity index (χ1v) is 13.4. The van der Waals surface area contributed by atoms with Crippen molar-refractivity contribution >= 4 is 17.9 Å². The van der Waals surface area contributed by atoms with Gasteiger partial charge in [0.05, 0.1) is 6.54 Å². The van der Waals surface area contributed by atoms with Crippen molar-refractivity contribution in [3.05, 3.63) is 12.2 Å². The lowest BCUT2D eigenvalue weighted by molar-refractivity contribution is -0.973. The summed E-state index contributed by atoms with van der Waals surface area (Å²) in [5.41, 5.74) is 0. The van der Waals surface area contributed by atoms with E-state index in [-0.39, 0.29) is 25.8 Å². The molecular formula is C27H50NO6+. The van der Waals surface area contributed by atoms with Crippen LogP contribution in [-0.2, 0) is 14.4 Å². The molecule has 0 aliphatic carbocycles. The van der Waals surface area contributed by atoms with Crippen LogP contribution in [0.5, 0.6) is 0 Å². The zero-order chi connectivity index (χ0) is 26.0. The maximum Gasteiger partial charge on any atom is 0.362 e. The van der Waals surface area contributed by atoms with E-state index < -0.39 is 40.5 Å². The standard InChI is InChI=1S/C27H49NO6/c1-5-9-10-11-12-13-14-15-16-17-18-19-20-21-28(22(6-2)25(29)30,23(7-3)26(31)32)24(8-4)27(33)34/h14-15,22-24H,5-13,16-21H2,1-4H3,(H2-,29,30,31,32,33,34)/p+1/b15-14+. The summed E-state index contributed by atoms with van der Waals surface area (Å²) in [4.78, 5) is 36.6. The molecule has 3 atom stereocenters. The average Bonchev–Trinajstić information content (AvgIpc) is 2.77. The number of carboxylic acid groups (broad SMARTS) is 3. The number of hydrogen-bond donors (Lipinski definition) is 3. The average molecular weight is 485 g/mol. The monoisotopic (exact) mass is 484 g/mol. The van der Waals surface area contributed by atoms with Crippen LogP contribution in [0, 0.1) is 0 Å². The summed E-state index contributed by atoms with van der Waals surface area (Å²) in [5.74, 6) is -3.37. The lowest BCUT2D eigenvalue weighted by Gasteiger charge is -2.49. The molecule has 0 heterocycles. The molecule has 0 saturated heterocycles. The lowest BCUT2D eigenvalue weighted by atomic mass is 9.94. The van der Waals surface area contributed by atoms with E-state index in [1.54, 1.807) is 20.8 Å². The Morgan fingerprint density at radius 3 is 1.26 bits per heavy atom. The molecule has 34 heavy (non-hydrogen) atoms. The highest BCUT2D eigenvalue weighted by atomic mass is 16.4. The smallest absolute Gasteiger partial charge is 0.362 e. The van der Waals surface area contributed by atoms with Crippen LogP contribution in [0.15, 0.2) is 12.2 Å². The molecule has 0 aliphatic rings. The van der Waals surface area contributed by atoms with E-state index >= 15 is 0 Å². The highest BCUT2D eigenvalue weighted by Crippen LogP contribution is 2.32. The lowest BCUT2D eigenvalue weighted by Crippen LogP contribution is -2.72. The fourth-order valence-electron chi connectivity index (χ4n) is 5.38. The van der Waals surface area contributed by atoms with E-state index in [2.05, 4.69) is 19.1 Å². The highest BCUT2D eigenvalue weighted by molar-refractivity contribution is 5.78. The van der Waals surface area contributed by atoms with Crippen molar-refractivity contribution in [2.45, 2.75) is 136 Å². The predicted molar refractivity (Wildman–Crippen MR) is 136 cm³/mol. The third kappa shape index (κ3) is 10.2. The van der Waals surface area contributed by atoms with E-state index in [9.17, 15) is 29.7 Å². The van der Waals surface area contributed by atoms with Crippen molar-refractivity contribution in [2.24, 2.45) is 0 Å². The number of quaternary nitrogens is 1. The Kier molecular flexibility index (Phi) is 17.4. The molecule has 7 heteroatoms. The summed E-state index contributed by atoms with van der Waals surface area (Å²) in [6, 6.07) is -3.20. The Balaban J connectivity index is 5.13. The van der Waals surface area contributed by atoms with E-state index in [1.165, 1.54) is 32.1 Å². The van der Waals surface area contributed by atoms with Gasteiger partial charge in [-0.15, -0.1) is 0 Å². The summed E-state index contributed by atoms with van der Waals surface area (Å²) >= 11 is 0. The van der Waals surface area contributed by atoms with Crippen molar-refractivity contribution in [2.75, 3.05) is 6.54 Å². The molecule has 3 unspecified atom stereocenters. The van der Waals surface area contributed by atoms with Crippen molar-refractivity contribution in [3.63, 3.8) is 0 Å². The maximum atomic E-state index is 12.2. The van der Waals surface area contributed by atoms with Crippen molar-refractivity contribution < 1.29 is 34.2 Å². The van der Waals surface area contributed by atoms with Crippen LogP contribution in [0.25, 0.3) is 0 Å². The third-order valence-electron chi connectivity index (χ3n) is 7.06. The van der Waals surface area contributed by atoms with Gasteiger partial charge in [-0.25, -0.2) is 14.4 Å². The van der Waals surface area contributed by atoms with Gasteiger partial charge in [0.1, 0.15) is 0 Å². The summed E-state index contributed by atoms with van der Waals surface area (Å²) in [6.07, 6.45) is 17.0. The van der Waals surface area contributed by atoms with Gasteiger partial charge in [0, 0.05) is 19.3 Å². The fraction of sp³-hybridized carbons (Fsp3) is 0.815. The number of allylic oxidation sites excluding steroid dienone is 2. The van der Waals surface area contributed by atoms with Crippen LogP contribution in [-0.4, -0.2) is 62.4 Å². The predicted octanol–water partition coefficient (Wildman–Crippen LogP) is 6.26. The Morgan fingerprint density at radius 2 is 0.941 bits per heavy atom. The number of aliphatic carboxylic acids is 3. The fourth-order valence-corrected chi connectivity index (χ4v) is 5.38. The molecule has 0 rings (SSSR count). The summed E-state index contributed by atoms with van der Waals surface area (Å²) in [6.45, 7) is 7.56. The summed E-state index contributed by atoms with van der Waals surface area (Å²) in [5, 5.41) is 29.9. The summed E-state index contributed by atoms with van der Waals surface area (Å²) in [7, 11) is 0. The van der Waals surface area contributed by atoms with E-state index in [1.807, 2.05) is 0 Å². The number of carbonyl (C=O) groups is 3. The first-order valence-electron chi connectivity index (χ1n) is 13.4. The second-order valence-corrected chi connectivity index (χ2v) is 9.38. The molecular weight excluding hydrogens is 434 g/mol. The molecule has 0 radical (unpaired) electrons. The molecule has 7 nitrogen and oxygen atoms in total. The number of hydrogen-bond acceptors (Lipinski definition) is 3. The van der Waals surface area contributed by atoms with Gasteiger partial charge in [-0.2, -0.15) is 0 Å². The minimum atomic E-state index is -1.12. The molecule has 0 aromatic heterocycles. The molecule has 0 aromatic carbocycles. The van der Waals surface area contributed by atoms with Gasteiger partial charge >= 0.3 is 17.9 Å². The second-order valence-electron chi connectivity index (χ2n) is 9.38. The highest BCUT2D eigenvalue weighted by Gasteiger charge is 2.55. The molecule has 0 spiro atoms. The molecule has 0 amide bonds. The Morgan fingerprint density at radius 1 is 0.588 bits per heavy atom. The molecule has 198 valence electrons. The van der Waals surface area contributed by atoms with E-state index in [4.69, 9.17) is 0 Å². The normalized spacial score (nSPS) is 16.1. The van der Waals surface area contributed by atoms with Crippen molar-refractivity contribution in [1.29, 1.82) is 0 Å². The number of nitrogens with zero attached hydrogens (tertiary/aromatic N) is 1. The van der Waals surface area contributed by atoms with Crippen LogP contribution < -0.4 is 0 Å². The first kappa shape index (κ1) is 32.1. The van der Waals surface area contributed by atoms with Gasteiger partial charge in [-0.3, -0.25) is 4.48 Å². The van der Waals surface area contributed by atoms with Gasteiger partial charge in [0.15, 0.2) is 18.1 Å². The van der Waals surface area contributed by atoms with Crippen LogP contribution in [0.4, 0.5) is 0 Å². The quantitative estimate of drug-likeness (QED) is 0.0950. The van der Waals surface area contributed by atoms with Gasteiger partial charge in [0.25, 0.3) is 0 Å². The SMILES string of the molecule is CCCCCCC/C=C/CCCCCC[N+](C(CC)C(=O)O)(C(CC)C(=O)O)C(CC)C(=O)O. The zero-order valence-electron chi connectivity index (χ0n) is 22.0. The molecule has 0 bridgehead atoms. The van der Waals surface area contributed by atoms with Crippen molar-refractivity contribution in [1.82, 2.24) is 0 Å². The second kappa shape index (κ2) is 18.4. The Hall–Kier alpha value is -1.89. The molecule has 0 aromatic rings. The third-order valence-corrected chi connectivity index (χ3v) is 7.06. The molecule has 0 fully saturated rings. The van der Waals surface area contributed by atoms with E-state index in [0.717, 1.165) is 32.1 Å². The first-order chi connectivity index (χ1) is 16.2. The molecule has 3 N–H and O–H groups in total. The van der Waals surface area contributed by atoms with Crippen LogP contribution in [0.1, 0.15) is 118 Å². The van der Waals surface area contributed by atoms with Crippen LogP contribution >= 0.6 is 0 Å². The van der Waals surface area contributed by atoms with Crippen LogP contribution in [0.2, 0.25) is 0 Å². The maximum absolute atomic E-state index is 12.2. The Labute approximate surface area is 206 Å². The number of unbranched alkanes of at least 4 members (excludes halogenated alkanes) is 9. The topological polar surface area (TPSA) is 112 Å².